The number of pyridine rings is 1. The molecule has 0 bridgehead atoms. The van der Waals surface area contributed by atoms with Gasteiger partial charge in [0.2, 0.25) is 0 Å². The minimum Gasteiger partial charge on any atom is -0.496 e. The number of carbonyl (C=O) groups excluding carboxylic acids is 1. The number of aromatic nitrogens is 1. The second kappa shape index (κ2) is 8.30. The van der Waals surface area contributed by atoms with Gasteiger partial charge in [-0.25, -0.2) is 4.98 Å². The van der Waals surface area contributed by atoms with Crippen molar-refractivity contribution in [2.45, 2.75) is 6.42 Å². The van der Waals surface area contributed by atoms with Crippen LogP contribution in [-0.2, 0) is 6.42 Å². The second-order valence-corrected chi connectivity index (χ2v) is 6.30. The average Bonchev–Trinajstić information content (AvgIpc) is 3.18. The van der Waals surface area contributed by atoms with E-state index < -0.39 is 0 Å². The van der Waals surface area contributed by atoms with Crippen molar-refractivity contribution in [3.8, 4) is 5.75 Å². The molecule has 2 N–H and O–H groups in total. The molecule has 0 fully saturated rings. The van der Waals surface area contributed by atoms with E-state index in [2.05, 4.69) is 21.7 Å². The van der Waals surface area contributed by atoms with Gasteiger partial charge >= 0.3 is 0 Å². The van der Waals surface area contributed by atoms with Crippen LogP contribution in [0.5, 0.6) is 5.75 Å². The highest BCUT2D eigenvalue weighted by Gasteiger charge is 2.07. The number of thiophene rings is 1. The largest absolute Gasteiger partial charge is 0.496 e. The predicted octanol–water partition coefficient (Wildman–Crippen LogP) is 4.06. The molecule has 0 saturated carbocycles. The van der Waals surface area contributed by atoms with E-state index in [1.165, 1.54) is 11.3 Å². The van der Waals surface area contributed by atoms with Gasteiger partial charge in [0.05, 0.1) is 23.9 Å². The molecule has 6 heteroatoms. The van der Waals surface area contributed by atoms with Crippen LogP contribution < -0.4 is 15.4 Å². The molecule has 5 nitrogen and oxygen atoms in total. The Morgan fingerprint density at radius 2 is 2.04 bits per heavy atom. The number of benzene rings is 1. The number of nitrogens with zero attached hydrogens (tertiary/aromatic N) is 1. The molecule has 1 amide bonds. The number of amides is 1. The molecule has 0 saturated heterocycles. The molecule has 2 aromatic heterocycles. The Morgan fingerprint density at radius 1 is 1.16 bits per heavy atom. The first-order chi connectivity index (χ1) is 12.3. The summed E-state index contributed by atoms with van der Waals surface area (Å²) in [5.41, 5.74) is 2.06. The number of anilines is 2. The van der Waals surface area contributed by atoms with Crippen LogP contribution in [-0.4, -0.2) is 24.5 Å². The topological polar surface area (TPSA) is 63.2 Å². The Labute approximate surface area is 150 Å². The zero-order valence-electron chi connectivity index (χ0n) is 13.9. The maximum atomic E-state index is 12.0. The number of carbonyl (C=O) groups is 1. The summed E-state index contributed by atoms with van der Waals surface area (Å²) in [6.07, 6.45) is 2.56. The number of para-hydroxylation sites is 1. The number of hydrogen-bond acceptors (Lipinski definition) is 5. The average molecular weight is 353 g/mol. The van der Waals surface area contributed by atoms with E-state index in [4.69, 9.17) is 4.74 Å². The normalized spacial score (nSPS) is 10.3. The molecule has 0 atom stereocenters. The fourth-order valence-corrected chi connectivity index (χ4v) is 3.03. The molecule has 3 aromatic rings. The zero-order valence-corrected chi connectivity index (χ0v) is 14.7. The molecular formula is C19H19N3O2S. The van der Waals surface area contributed by atoms with Crippen LogP contribution in [0.3, 0.4) is 0 Å². The lowest BCUT2D eigenvalue weighted by atomic mass is 10.1. The van der Waals surface area contributed by atoms with Crippen LogP contribution in [0, 0.1) is 0 Å². The first-order valence-corrected chi connectivity index (χ1v) is 8.81. The van der Waals surface area contributed by atoms with Gasteiger partial charge in [0.25, 0.3) is 5.91 Å². The third-order valence-electron chi connectivity index (χ3n) is 3.67. The van der Waals surface area contributed by atoms with E-state index in [9.17, 15) is 4.79 Å². The molecule has 0 aliphatic heterocycles. The molecule has 0 unspecified atom stereocenters. The van der Waals surface area contributed by atoms with E-state index in [0.29, 0.717) is 10.7 Å². The fraction of sp³-hybridized carbons (Fsp3) is 0.158. The minimum absolute atomic E-state index is 0.139. The number of methoxy groups -OCH3 is 1. The molecule has 1 aromatic carbocycles. The summed E-state index contributed by atoms with van der Waals surface area (Å²) in [6.45, 7) is 0.767. The summed E-state index contributed by atoms with van der Waals surface area (Å²) < 4.78 is 5.35. The summed E-state index contributed by atoms with van der Waals surface area (Å²) in [5.74, 6) is 1.29. The Kier molecular flexibility index (Phi) is 5.64. The lowest BCUT2D eigenvalue weighted by Gasteiger charge is -2.10. The predicted molar refractivity (Wildman–Crippen MR) is 102 cm³/mol. The SMILES string of the molecule is COc1ccccc1CCNc1ccc(NC(=O)c2cccs2)nc1. The molecule has 0 radical (unpaired) electrons. The van der Waals surface area contributed by atoms with Gasteiger partial charge in [-0.1, -0.05) is 24.3 Å². The monoisotopic (exact) mass is 353 g/mol. The maximum absolute atomic E-state index is 12.0. The van der Waals surface area contributed by atoms with Gasteiger partial charge in [0.15, 0.2) is 0 Å². The van der Waals surface area contributed by atoms with Crippen molar-refractivity contribution in [2.75, 3.05) is 24.3 Å². The van der Waals surface area contributed by atoms with Gasteiger partial charge in [-0.15, -0.1) is 11.3 Å². The van der Waals surface area contributed by atoms with E-state index in [-0.39, 0.29) is 5.91 Å². The van der Waals surface area contributed by atoms with Crippen LogP contribution >= 0.6 is 11.3 Å². The number of rotatable bonds is 7. The van der Waals surface area contributed by atoms with Gasteiger partial charge in [0.1, 0.15) is 11.6 Å². The van der Waals surface area contributed by atoms with E-state index >= 15 is 0 Å². The highest BCUT2D eigenvalue weighted by Crippen LogP contribution is 2.18. The Morgan fingerprint density at radius 3 is 2.76 bits per heavy atom. The lowest BCUT2D eigenvalue weighted by Crippen LogP contribution is -2.11. The summed E-state index contributed by atoms with van der Waals surface area (Å²) in [6, 6.07) is 15.3. The van der Waals surface area contributed by atoms with Crippen molar-refractivity contribution < 1.29 is 9.53 Å². The van der Waals surface area contributed by atoms with Crippen LogP contribution in [0.15, 0.2) is 60.1 Å². The second-order valence-electron chi connectivity index (χ2n) is 5.35. The summed E-state index contributed by atoms with van der Waals surface area (Å²) in [5, 5.41) is 7.98. The molecule has 2 heterocycles. The molecule has 0 aliphatic rings. The van der Waals surface area contributed by atoms with Crippen molar-refractivity contribution in [3.63, 3.8) is 0 Å². The highest BCUT2D eigenvalue weighted by atomic mass is 32.1. The van der Waals surface area contributed by atoms with E-state index in [0.717, 1.165) is 30.0 Å². The van der Waals surface area contributed by atoms with Crippen molar-refractivity contribution in [2.24, 2.45) is 0 Å². The molecule has 0 aliphatic carbocycles. The molecule has 128 valence electrons. The van der Waals surface area contributed by atoms with Gasteiger partial charge in [-0.05, 0) is 41.6 Å². The van der Waals surface area contributed by atoms with Gasteiger partial charge < -0.3 is 15.4 Å². The zero-order chi connectivity index (χ0) is 17.5. The van der Waals surface area contributed by atoms with Crippen molar-refractivity contribution in [3.05, 3.63) is 70.5 Å². The van der Waals surface area contributed by atoms with Crippen LogP contribution in [0.4, 0.5) is 11.5 Å². The lowest BCUT2D eigenvalue weighted by molar-refractivity contribution is 0.103. The first-order valence-electron chi connectivity index (χ1n) is 7.93. The molecule has 0 spiro atoms. The van der Waals surface area contributed by atoms with Crippen molar-refractivity contribution >= 4 is 28.7 Å². The third kappa shape index (κ3) is 4.58. The highest BCUT2D eigenvalue weighted by molar-refractivity contribution is 7.12. The van der Waals surface area contributed by atoms with Gasteiger partial charge in [-0.3, -0.25) is 4.79 Å². The Balaban J connectivity index is 1.52. The smallest absolute Gasteiger partial charge is 0.266 e. The number of nitrogens with one attached hydrogen (secondary N) is 2. The summed E-state index contributed by atoms with van der Waals surface area (Å²) >= 11 is 1.40. The van der Waals surface area contributed by atoms with Crippen molar-refractivity contribution in [1.29, 1.82) is 0 Å². The summed E-state index contributed by atoms with van der Waals surface area (Å²) in [4.78, 5) is 16.9. The van der Waals surface area contributed by atoms with Crippen LogP contribution in [0.1, 0.15) is 15.2 Å². The van der Waals surface area contributed by atoms with Crippen molar-refractivity contribution in [1.82, 2.24) is 4.98 Å². The summed E-state index contributed by atoms with van der Waals surface area (Å²) in [7, 11) is 1.68. The first kappa shape index (κ1) is 17.0. The molecule has 25 heavy (non-hydrogen) atoms. The fourth-order valence-electron chi connectivity index (χ4n) is 2.41. The number of hydrogen-bond donors (Lipinski definition) is 2. The van der Waals surface area contributed by atoms with Crippen LogP contribution in [0.25, 0.3) is 0 Å². The minimum atomic E-state index is -0.139. The van der Waals surface area contributed by atoms with Crippen LogP contribution in [0.2, 0.25) is 0 Å². The Hall–Kier alpha value is -2.86. The molecular weight excluding hydrogens is 334 g/mol. The van der Waals surface area contributed by atoms with E-state index in [1.54, 1.807) is 25.4 Å². The molecule has 3 rings (SSSR count). The standard InChI is InChI=1S/C19H19N3O2S/c1-24-16-6-3-2-5-14(16)10-11-20-15-8-9-18(21-13-15)22-19(23)17-7-4-12-25-17/h2-9,12-13,20H,10-11H2,1H3,(H,21,22,23). The quantitative estimate of drug-likeness (QED) is 0.672. The van der Waals surface area contributed by atoms with E-state index in [1.807, 2.05) is 35.7 Å². The maximum Gasteiger partial charge on any atom is 0.266 e. The number of ether oxygens (including phenoxy) is 1. The van der Waals surface area contributed by atoms with Gasteiger partial charge in [-0.2, -0.15) is 0 Å². The van der Waals surface area contributed by atoms with Gasteiger partial charge in [0, 0.05) is 6.54 Å². The third-order valence-corrected chi connectivity index (χ3v) is 4.53. The Bertz CT molecular complexity index is 817.